The largest absolute Gasteiger partial charge is 0.408 e. The minimum Gasteiger partial charge on any atom is -0.408 e. The van der Waals surface area contributed by atoms with Gasteiger partial charge in [-0.2, -0.15) is 0 Å². The fourth-order valence-corrected chi connectivity index (χ4v) is 3.74. The Morgan fingerprint density at radius 2 is 1.82 bits per heavy atom. The molecule has 1 aliphatic heterocycles. The molecular formula is C19H33ClN4O3S. The molecule has 0 bridgehead atoms. The van der Waals surface area contributed by atoms with Crippen molar-refractivity contribution in [3.8, 4) is 0 Å². The molecule has 1 aromatic rings. The number of ketones is 1. The zero-order chi connectivity index (χ0) is 19.8. The predicted octanol–water partition coefficient (Wildman–Crippen LogP) is 3.58. The third kappa shape index (κ3) is 8.49. The highest BCUT2D eigenvalue weighted by Gasteiger charge is 2.28. The number of thioether (sulfide) groups is 1. The van der Waals surface area contributed by atoms with Crippen molar-refractivity contribution in [2.45, 2.75) is 76.3 Å². The molecule has 0 saturated carbocycles. The van der Waals surface area contributed by atoms with Crippen molar-refractivity contribution in [3.05, 3.63) is 5.89 Å². The molecule has 1 amide bonds. The molecule has 1 unspecified atom stereocenters. The number of amides is 1. The first kappa shape index (κ1) is 24.9. The van der Waals surface area contributed by atoms with Gasteiger partial charge in [0, 0.05) is 18.2 Å². The lowest BCUT2D eigenvalue weighted by Gasteiger charge is -2.26. The molecule has 1 saturated heterocycles. The molecule has 0 aromatic carbocycles. The average molecular weight is 433 g/mol. The summed E-state index contributed by atoms with van der Waals surface area (Å²) >= 11 is 1.41. The Hall–Kier alpha value is -1.12. The van der Waals surface area contributed by atoms with E-state index >= 15 is 0 Å². The standard InChI is InChI=1S/C19H32N4O3S.ClH/c1-13(2)12-15(17(25)18-21-22-19(26-18)27-14(3)4)20-16(24)8-11-23-9-6-5-7-10-23;/h13-15H,5-12H2,1-4H3,(H,20,24);1H. The van der Waals surface area contributed by atoms with Crippen LogP contribution in [0.1, 0.15) is 70.5 Å². The van der Waals surface area contributed by atoms with E-state index in [4.69, 9.17) is 4.42 Å². The van der Waals surface area contributed by atoms with E-state index in [1.165, 1.54) is 31.0 Å². The number of Topliss-reactive ketones (excluding diaryl/α,β-unsaturated/α-hetero) is 1. The molecule has 28 heavy (non-hydrogen) atoms. The fourth-order valence-electron chi connectivity index (χ4n) is 3.12. The Labute approximate surface area is 178 Å². The normalized spacial score (nSPS) is 16.1. The van der Waals surface area contributed by atoms with Crippen molar-refractivity contribution < 1.29 is 14.0 Å². The topological polar surface area (TPSA) is 88.3 Å². The SMILES string of the molecule is CC(C)CC(NC(=O)CCN1CCCCC1)C(=O)c1nnc(SC(C)C)o1.Cl. The van der Waals surface area contributed by atoms with Gasteiger partial charge in [0.2, 0.25) is 11.7 Å². The first-order valence-corrected chi connectivity index (χ1v) is 10.8. The lowest BCUT2D eigenvalue weighted by molar-refractivity contribution is -0.122. The summed E-state index contributed by atoms with van der Waals surface area (Å²) in [4.78, 5) is 27.5. The molecule has 2 rings (SSSR count). The number of nitrogens with one attached hydrogen (secondary N) is 1. The maximum Gasteiger partial charge on any atom is 0.286 e. The maximum absolute atomic E-state index is 12.8. The average Bonchev–Trinajstić information content (AvgIpc) is 3.07. The van der Waals surface area contributed by atoms with E-state index in [2.05, 4.69) is 20.4 Å². The van der Waals surface area contributed by atoms with E-state index < -0.39 is 6.04 Å². The van der Waals surface area contributed by atoms with Crippen LogP contribution in [0.2, 0.25) is 0 Å². The van der Waals surface area contributed by atoms with Gasteiger partial charge in [-0.3, -0.25) is 9.59 Å². The summed E-state index contributed by atoms with van der Waals surface area (Å²) in [5.74, 6) is -0.178. The number of rotatable bonds is 10. The third-order valence-corrected chi connectivity index (χ3v) is 5.25. The number of likely N-dealkylation sites (tertiary alicyclic amines) is 1. The summed E-state index contributed by atoms with van der Waals surface area (Å²) in [6.45, 7) is 10.9. The Balaban J connectivity index is 0.00000392. The van der Waals surface area contributed by atoms with Gasteiger partial charge in [-0.15, -0.1) is 22.6 Å². The van der Waals surface area contributed by atoms with Gasteiger partial charge in [-0.25, -0.2) is 0 Å². The van der Waals surface area contributed by atoms with Gasteiger partial charge in [0.1, 0.15) is 0 Å². The minimum atomic E-state index is -0.629. The maximum atomic E-state index is 12.8. The molecule has 1 aromatic heterocycles. The Morgan fingerprint density at radius 1 is 1.14 bits per heavy atom. The van der Waals surface area contributed by atoms with Crippen LogP contribution in [0.15, 0.2) is 9.64 Å². The van der Waals surface area contributed by atoms with Gasteiger partial charge >= 0.3 is 0 Å². The first-order chi connectivity index (χ1) is 12.8. The van der Waals surface area contributed by atoms with Crippen LogP contribution in [0.5, 0.6) is 0 Å². The van der Waals surface area contributed by atoms with Crippen LogP contribution in [0.3, 0.4) is 0 Å². The third-order valence-electron chi connectivity index (χ3n) is 4.42. The second-order valence-corrected chi connectivity index (χ2v) is 9.33. The molecule has 1 aliphatic rings. The summed E-state index contributed by atoms with van der Waals surface area (Å²) < 4.78 is 5.49. The summed E-state index contributed by atoms with van der Waals surface area (Å²) in [5.41, 5.74) is 0. The summed E-state index contributed by atoms with van der Waals surface area (Å²) in [5, 5.41) is 11.4. The molecule has 0 radical (unpaired) electrons. The minimum absolute atomic E-state index is 0. The van der Waals surface area contributed by atoms with E-state index in [-0.39, 0.29) is 41.2 Å². The summed E-state index contributed by atoms with van der Waals surface area (Å²) in [6, 6.07) is -0.629. The lowest BCUT2D eigenvalue weighted by atomic mass is 10.00. The highest BCUT2D eigenvalue weighted by atomic mass is 35.5. The smallest absolute Gasteiger partial charge is 0.286 e. The molecule has 7 nitrogen and oxygen atoms in total. The van der Waals surface area contributed by atoms with Gasteiger partial charge in [0.25, 0.3) is 11.1 Å². The summed E-state index contributed by atoms with van der Waals surface area (Å²) in [6.07, 6.45) is 4.62. The number of hydrogen-bond acceptors (Lipinski definition) is 7. The number of carbonyl (C=O) groups excluding carboxylic acids is 2. The summed E-state index contributed by atoms with van der Waals surface area (Å²) in [7, 11) is 0. The monoisotopic (exact) mass is 432 g/mol. The van der Waals surface area contributed by atoms with Gasteiger partial charge in [-0.05, 0) is 38.3 Å². The predicted molar refractivity (Wildman–Crippen MR) is 113 cm³/mol. The van der Waals surface area contributed by atoms with Crippen molar-refractivity contribution in [1.82, 2.24) is 20.4 Å². The van der Waals surface area contributed by atoms with E-state index in [9.17, 15) is 9.59 Å². The number of nitrogens with zero attached hydrogens (tertiary/aromatic N) is 3. The van der Waals surface area contributed by atoms with Gasteiger partial charge in [0.15, 0.2) is 0 Å². The molecule has 9 heteroatoms. The Bertz CT molecular complexity index is 618. The second-order valence-electron chi connectivity index (χ2n) is 7.81. The molecule has 0 aliphatic carbocycles. The zero-order valence-electron chi connectivity index (χ0n) is 17.3. The van der Waals surface area contributed by atoms with E-state index in [1.54, 1.807) is 0 Å². The van der Waals surface area contributed by atoms with Crippen LogP contribution in [0.25, 0.3) is 0 Å². The van der Waals surface area contributed by atoms with Gasteiger partial charge in [0.05, 0.1) is 6.04 Å². The Kier molecular flexibility index (Phi) is 11.1. The number of halogens is 1. The molecule has 1 fully saturated rings. The zero-order valence-corrected chi connectivity index (χ0v) is 18.9. The van der Waals surface area contributed by atoms with Crippen LogP contribution in [0.4, 0.5) is 0 Å². The highest BCUT2D eigenvalue weighted by Crippen LogP contribution is 2.22. The molecule has 2 heterocycles. The highest BCUT2D eigenvalue weighted by molar-refractivity contribution is 7.99. The van der Waals surface area contributed by atoms with Crippen LogP contribution >= 0.6 is 24.2 Å². The number of piperidine rings is 1. The van der Waals surface area contributed by atoms with Gasteiger partial charge < -0.3 is 14.6 Å². The van der Waals surface area contributed by atoms with Gasteiger partial charge in [-0.1, -0.05) is 45.9 Å². The Morgan fingerprint density at radius 3 is 2.43 bits per heavy atom. The van der Waals surface area contributed by atoms with Crippen LogP contribution in [-0.4, -0.2) is 57.7 Å². The fraction of sp³-hybridized carbons (Fsp3) is 0.789. The number of carbonyl (C=O) groups is 2. The molecule has 1 atom stereocenters. The second kappa shape index (κ2) is 12.4. The van der Waals surface area contributed by atoms with Crippen LogP contribution in [-0.2, 0) is 4.79 Å². The van der Waals surface area contributed by atoms with Crippen LogP contribution in [0, 0.1) is 5.92 Å². The van der Waals surface area contributed by atoms with Crippen molar-refractivity contribution >= 4 is 35.9 Å². The van der Waals surface area contributed by atoms with Crippen molar-refractivity contribution in [3.63, 3.8) is 0 Å². The van der Waals surface area contributed by atoms with Crippen LogP contribution < -0.4 is 5.32 Å². The van der Waals surface area contributed by atoms with Crippen molar-refractivity contribution in [2.24, 2.45) is 5.92 Å². The number of hydrogen-bond donors (Lipinski definition) is 1. The van der Waals surface area contributed by atoms with E-state index in [0.29, 0.717) is 18.1 Å². The quantitative estimate of drug-likeness (QED) is 0.446. The van der Waals surface area contributed by atoms with E-state index in [0.717, 1.165) is 19.6 Å². The lowest BCUT2D eigenvalue weighted by Crippen LogP contribution is -2.43. The molecule has 160 valence electrons. The molecule has 0 spiro atoms. The van der Waals surface area contributed by atoms with Crippen molar-refractivity contribution in [2.75, 3.05) is 19.6 Å². The number of aromatic nitrogens is 2. The molecular weight excluding hydrogens is 400 g/mol. The van der Waals surface area contributed by atoms with Crippen molar-refractivity contribution in [1.29, 1.82) is 0 Å². The molecule has 1 N–H and O–H groups in total. The first-order valence-electron chi connectivity index (χ1n) is 9.91. The van der Waals surface area contributed by atoms with E-state index in [1.807, 2.05) is 27.7 Å².